The molecule has 2 aromatic rings. The standard InChI is InChI=1S/C24H31N3O4/c1-16-8-7-11-19(26-16)23(31)27(3)20-14-24(15-25-17(2)28,13-12-21(29)22(20)30)18-9-5-4-6-10-18/h4-11,20-22,29-30H,12-15H2,1-3H3,(H,25,28)/t20-,21-,22+,24+/m0/s1. The van der Waals surface area contributed by atoms with E-state index >= 15 is 0 Å². The molecule has 0 aliphatic heterocycles. The Morgan fingerprint density at radius 3 is 2.52 bits per heavy atom. The van der Waals surface area contributed by atoms with E-state index in [9.17, 15) is 19.8 Å². The number of hydrogen-bond donors (Lipinski definition) is 3. The molecule has 2 amide bonds. The number of pyridine rings is 1. The highest BCUT2D eigenvalue weighted by molar-refractivity contribution is 5.92. The highest BCUT2D eigenvalue weighted by Gasteiger charge is 2.45. The van der Waals surface area contributed by atoms with E-state index in [4.69, 9.17) is 0 Å². The van der Waals surface area contributed by atoms with Crippen molar-refractivity contribution in [1.82, 2.24) is 15.2 Å². The fourth-order valence-electron chi connectivity index (χ4n) is 4.44. The average Bonchev–Trinajstić information content (AvgIpc) is 2.90. The Balaban J connectivity index is 1.99. The number of rotatable bonds is 5. The normalized spacial score (nSPS) is 26.0. The Labute approximate surface area is 183 Å². The molecule has 0 spiro atoms. The maximum absolute atomic E-state index is 13.2. The van der Waals surface area contributed by atoms with Crippen LogP contribution in [-0.2, 0) is 10.2 Å². The first-order chi connectivity index (χ1) is 14.7. The molecule has 1 aromatic carbocycles. The molecular weight excluding hydrogens is 394 g/mol. The van der Waals surface area contributed by atoms with Crippen LogP contribution in [0.25, 0.3) is 0 Å². The van der Waals surface area contributed by atoms with Gasteiger partial charge in [-0.05, 0) is 43.9 Å². The Kier molecular flexibility index (Phi) is 7.08. The van der Waals surface area contributed by atoms with Crippen molar-refractivity contribution in [2.75, 3.05) is 13.6 Å². The van der Waals surface area contributed by atoms with E-state index in [-0.39, 0.29) is 11.8 Å². The van der Waals surface area contributed by atoms with E-state index in [2.05, 4.69) is 10.3 Å². The summed E-state index contributed by atoms with van der Waals surface area (Å²) in [4.78, 5) is 30.7. The summed E-state index contributed by atoms with van der Waals surface area (Å²) in [6, 6.07) is 14.4. The van der Waals surface area contributed by atoms with Gasteiger partial charge in [0, 0.05) is 31.6 Å². The molecule has 31 heavy (non-hydrogen) atoms. The van der Waals surface area contributed by atoms with E-state index < -0.39 is 23.7 Å². The van der Waals surface area contributed by atoms with Gasteiger partial charge in [0.2, 0.25) is 5.91 Å². The third-order valence-electron chi connectivity index (χ3n) is 6.29. The molecule has 1 aromatic heterocycles. The van der Waals surface area contributed by atoms with Crippen LogP contribution in [0.2, 0.25) is 0 Å². The average molecular weight is 426 g/mol. The summed E-state index contributed by atoms with van der Waals surface area (Å²) in [5.41, 5.74) is 1.49. The maximum Gasteiger partial charge on any atom is 0.272 e. The number of hydrogen-bond acceptors (Lipinski definition) is 5. The first-order valence-corrected chi connectivity index (χ1v) is 10.6. The molecule has 0 unspecified atom stereocenters. The van der Waals surface area contributed by atoms with Gasteiger partial charge in [-0.25, -0.2) is 4.98 Å². The molecule has 1 fully saturated rings. The van der Waals surface area contributed by atoms with Crippen LogP contribution in [0.1, 0.15) is 47.9 Å². The number of aliphatic hydroxyl groups is 2. The molecule has 4 atom stereocenters. The summed E-state index contributed by atoms with van der Waals surface area (Å²) in [5.74, 6) is -0.464. The summed E-state index contributed by atoms with van der Waals surface area (Å²) in [6.07, 6.45) is -0.771. The number of nitrogens with zero attached hydrogens (tertiary/aromatic N) is 2. The Morgan fingerprint density at radius 1 is 1.16 bits per heavy atom. The molecular formula is C24H31N3O4. The largest absolute Gasteiger partial charge is 0.390 e. The predicted octanol–water partition coefficient (Wildman–Crippen LogP) is 1.81. The van der Waals surface area contributed by atoms with Crippen LogP contribution in [0.15, 0.2) is 48.5 Å². The lowest BCUT2D eigenvalue weighted by Crippen LogP contribution is -2.52. The van der Waals surface area contributed by atoms with Gasteiger partial charge in [-0.2, -0.15) is 0 Å². The second-order valence-electron chi connectivity index (χ2n) is 8.50. The number of likely N-dealkylation sites (N-methyl/N-ethyl adjacent to an activating group) is 1. The summed E-state index contributed by atoms with van der Waals surface area (Å²) in [5, 5.41) is 24.5. The number of aryl methyl sites for hydroxylation is 1. The minimum absolute atomic E-state index is 0.148. The zero-order chi connectivity index (χ0) is 22.6. The summed E-state index contributed by atoms with van der Waals surface area (Å²) < 4.78 is 0. The molecule has 166 valence electrons. The molecule has 1 aliphatic rings. The van der Waals surface area contributed by atoms with Gasteiger partial charge in [0.15, 0.2) is 0 Å². The lowest BCUT2D eigenvalue weighted by atomic mass is 9.73. The van der Waals surface area contributed by atoms with Crippen LogP contribution in [0, 0.1) is 6.92 Å². The van der Waals surface area contributed by atoms with E-state index in [1.165, 1.54) is 11.8 Å². The molecule has 1 aliphatic carbocycles. The lowest BCUT2D eigenvalue weighted by Gasteiger charge is -2.39. The molecule has 0 saturated heterocycles. The maximum atomic E-state index is 13.2. The monoisotopic (exact) mass is 425 g/mol. The van der Waals surface area contributed by atoms with Crippen LogP contribution in [0.4, 0.5) is 0 Å². The Hall–Kier alpha value is -2.77. The third-order valence-corrected chi connectivity index (χ3v) is 6.29. The molecule has 7 nitrogen and oxygen atoms in total. The molecule has 0 bridgehead atoms. The third kappa shape index (κ3) is 5.11. The summed E-state index contributed by atoms with van der Waals surface area (Å²) in [6.45, 7) is 3.64. The van der Waals surface area contributed by atoms with Crippen molar-refractivity contribution in [2.24, 2.45) is 0 Å². The van der Waals surface area contributed by atoms with E-state index in [0.717, 1.165) is 11.3 Å². The van der Waals surface area contributed by atoms with Gasteiger partial charge < -0.3 is 20.4 Å². The minimum atomic E-state index is -1.11. The van der Waals surface area contributed by atoms with Crippen molar-refractivity contribution in [3.05, 3.63) is 65.5 Å². The van der Waals surface area contributed by atoms with Crippen molar-refractivity contribution in [3.8, 4) is 0 Å². The van der Waals surface area contributed by atoms with Crippen molar-refractivity contribution >= 4 is 11.8 Å². The quantitative estimate of drug-likeness (QED) is 0.634. The summed E-state index contributed by atoms with van der Waals surface area (Å²) >= 11 is 0. The molecule has 7 heteroatoms. The number of benzene rings is 1. The van der Waals surface area contributed by atoms with Crippen LogP contribution in [0.5, 0.6) is 0 Å². The van der Waals surface area contributed by atoms with Crippen molar-refractivity contribution < 1.29 is 19.8 Å². The van der Waals surface area contributed by atoms with Gasteiger partial charge in [0.05, 0.1) is 12.1 Å². The highest BCUT2D eigenvalue weighted by atomic mass is 16.3. The van der Waals surface area contributed by atoms with Crippen LogP contribution in [-0.4, -0.2) is 63.8 Å². The second-order valence-corrected chi connectivity index (χ2v) is 8.50. The SMILES string of the molecule is CC(=O)NC[C@@]1(c2ccccc2)CC[C@H](O)[C@H](O)[C@@H](N(C)C(=O)c2cccc(C)n2)C1. The van der Waals surface area contributed by atoms with E-state index in [0.29, 0.717) is 31.5 Å². The van der Waals surface area contributed by atoms with Gasteiger partial charge in [0.1, 0.15) is 11.8 Å². The van der Waals surface area contributed by atoms with Crippen LogP contribution >= 0.6 is 0 Å². The van der Waals surface area contributed by atoms with Crippen molar-refractivity contribution in [1.29, 1.82) is 0 Å². The molecule has 0 radical (unpaired) electrons. The number of aromatic nitrogens is 1. The lowest BCUT2D eigenvalue weighted by molar-refractivity contribution is -0.119. The van der Waals surface area contributed by atoms with Crippen molar-refractivity contribution in [3.63, 3.8) is 0 Å². The number of carbonyl (C=O) groups excluding carboxylic acids is 2. The van der Waals surface area contributed by atoms with Crippen LogP contribution < -0.4 is 5.32 Å². The number of aliphatic hydroxyl groups excluding tert-OH is 2. The van der Waals surface area contributed by atoms with Gasteiger partial charge in [-0.1, -0.05) is 36.4 Å². The van der Waals surface area contributed by atoms with Gasteiger partial charge >= 0.3 is 0 Å². The number of amides is 2. The first-order valence-electron chi connectivity index (χ1n) is 10.6. The zero-order valence-corrected chi connectivity index (χ0v) is 18.3. The van der Waals surface area contributed by atoms with Crippen LogP contribution in [0.3, 0.4) is 0 Å². The predicted molar refractivity (Wildman–Crippen MR) is 118 cm³/mol. The molecule has 1 saturated carbocycles. The van der Waals surface area contributed by atoms with Gasteiger partial charge in [-0.3, -0.25) is 9.59 Å². The second kappa shape index (κ2) is 9.58. The fourth-order valence-corrected chi connectivity index (χ4v) is 4.44. The molecule has 3 rings (SSSR count). The van der Waals surface area contributed by atoms with E-state index in [1.54, 1.807) is 19.2 Å². The molecule has 1 heterocycles. The van der Waals surface area contributed by atoms with Gasteiger partial charge in [0.25, 0.3) is 5.91 Å². The smallest absolute Gasteiger partial charge is 0.272 e. The summed E-state index contributed by atoms with van der Waals surface area (Å²) in [7, 11) is 1.63. The number of nitrogens with one attached hydrogen (secondary N) is 1. The Morgan fingerprint density at radius 2 is 1.87 bits per heavy atom. The Bertz CT molecular complexity index is 920. The minimum Gasteiger partial charge on any atom is -0.390 e. The van der Waals surface area contributed by atoms with Gasteiger partial charge in [-0.15, -0.1) is 0 Å². The highest BCUT2D eigenvalue weighted by Crippen LogP contribution is 2.40. The van der Waals surface area contributed by atoms with Crippen molar-refractivity contribution in [2.45, 2.75) is 56.8 Å². The fraction of sp³-hybridized carbons (Fsp3) is 0.458. The zero-order valence-electron chi connectivity index (χ0n) is 18.3. The topological polar surface area (TPSA) is 103 Å². The van der Waals surface area contributed by atoms with E-state index in [1.807, 2.05) is 43.3 Å². The molecule has 3 N–H and O–H groups in total. The first kappa shape index (κ1) is 22.9. The number of carbonyl (C=O) groups is 2.